The van der Waals surface area contributed by atoms with Gasteiger partial charge in [0.2, 0.25) is 0 Å². The molecule has 0 radical (unpaired) electrons. The van der Waals surface area contributed by atoms with Crippen LogP contribution in [0.4, 0.5) is 0 Å². The number of hydrogen-bond donors (Lipinski definition) is 2. The van der Waals surface area contributed by atoms with Crippen molar-refractivity contribution in [3.05, 3.63) is 70.7 Å². The second-order valence-electron chi connectivity index (χ2n) is 5.47. The maximum Gasteiger partial charge on any atom is 0.193 e. The number of guanidine groups is 1. The highest BCUT2D eigenvalue weighted by Gasteiger charge is 2.09. The van der Waals surface area contributed by atoms with Crippen LogP contribution in [0.1, 0.15) is 17.2 Å². The second kappa shape index (κ2) is 10.5. The summed E-state index contributed by atoms with van der Waals surface area (Å²) in [6, 6.07) is 17.3. The minimum Gasteiger partial charge on any atom is -0.387 e. The molecule has 0 saturated carbocycles. The molecule has 0 aromatic heterocycles. The van der Waals surface area contributed by atoms with Gasteiger partial charge < -0.3 is 15.3 Å². The monoisotopic (exact) mass is 459 g/mol. The highest BCUT2D eigenvalue weighted by molar-refractivity contribution is 14.0. The molecule has 24 heavy (non-hydrogen) atoms. The Bertz CT molecular complexity index is 632. The summed E-state index contributed by atoms with van der Waals surface area (Å²) in [6.45, 7) is 0.978. The van der Waals surface area contributed by atoms with Gasteiger partial charge in [0.05, 0.1) is 12.6 Å². The van der Waals surface area contributed by atoms with Crippen LogP contribution in [0, 0.1) is 0 Å². The summed E-state index contributed by atoms with van der Waals surface area (Å²) in [7, 11) is 3.84. The van der Waals surface area contributed by atoms with Crippen LogP contribution in [-0.4, -0.2) is 36.6 Å². The lowest BCUT2D eigenvalue weighted by atomic mass is 10.1. The summed E-state index contributed by atoms with van der Waals surface area (Å²) in [6.07, 6.45) is -0.617. The summed E-state index contributed by atoms with van der Waals surface area (Å²) in [4.78, 5) is 6.47. The molecule has 0 fully saturated rings. The Kier molecular flexibility index (Phi) is 9.10. The van der Waals surface area contributed by atoms with Crippen molar-refractivity contribution in [1.29, 1.82) is 0 Å². The minimum atomic E-state index is -0.617. The lowest BCUT2D eigenvalue weighted by molar-refractivity contribution is 0.180. The molecule has 0 bridgehead atoms. The van der Waals surface area contributed by atoms with Crippen LogP contribution in [0.15, 0.2) is 59.6 Å². The maximum atomic E-state index is 10.2. The zero-order valence-corrected chi connectivity index (χ0v) is 16.9. The van der Waals surface area contributed by atoms with Gasteiger partial charge in [0.25, 0.3) is 0 Å². The van der Waals surface area contributed by atoms with Crippen molar-refractivity contribution in [2.24, 2.45) is 4.99 Å². The van der Waals surface area contributed by atoms with Crippen LogP contribution < -0.4 is 5.32 Å². The molecule has 0 aliphatic heterocycles. The van der Waals surface area contributed by atoms with Crippen molar-refractivity contribution in [2.75, 3.05) is 20.6 Å². The average Bonchev–Trinajstić information content (AvgIpc) is 2.56. The quantitative estimate of drug-likeness (QED) is 0.407. The first-order valence-corrected chi connectivity index (χ1v) is 7.87. The van der Waals surface area contributed by atoms with Crippen LogP contribution in [0.2, 0.25) is 5.02 Å². The van der Waals surface area contributed by atoms with E-state index in [0.717, 1.165) is 17.1 Å². The number of nitrogens with one attached hydrogen (secondary N) is 1. The Morgan fingerprint density at radius 2 is 1.75 bits per heavy atom. The summed E-state index contributed by atoms with van der Waals surface area (Å²) in [5.41, 5.74) is 1.97. The third-order valence-corrected chi connectivity index (χ3v) is 3.64. The Morgan fingerprint density at radius 3 is 2.33 bits per heavy atom. The molecule has 6 heteroatoms. The average molecular weight is 460 g/mol. The van der Waals surface area contributed by atoms with Gasteiger partial charge in [-0.25, -0.2) is 4.99 Å². The molecule has 2 aromatic rings. The molecule has 0 aliphatic rings. The number of aliphatic hydroxyl groups excluding tert-OH is 1. The largest absolute Gasteiger partial charge is 0.387 e. The number of benzene rings is 2. The molecule has 1 atom stereocenters. The zero-order chi connectivity index (χ0) is 16.7. The molecule has 4 nitrogen and oxygen atoms in total. The van der Waals surface area contributed by atoms with Gasteiger partial charge in [-0.3, -0.25) is 0 Å². The number of nitrogens with zero attached hydrogens (tertiary/aromatic N) is 2. The lowest BCUT2D eigenvalue weighted by Crippen LogP contribution is -2.38. The first-order chi connectivity index (χ1) is 11.1. The Balaban J connectivity index is 0.00000288. The fourth-order valence-corrected chi connectivity index (χ4v) is 2.22. The summed E-state index contributed by atoms with van der Waals surface area (Å²) < 4.78 is 0. The molecule has 2 rings (SSSR count). The molecule has 2 N–H and O–H groups in total. The van der Waals surface area contributed by atoms with Crippen molar-refractivity contribution < 1.29 is 5.11 Å². The molecular formula is C18H23ClIN3O. The SMILES string of the molecule is CN(C)C(=NCc1ccccc1)NCC(O)c1ccc(Cl)cc1.I. The van der Waals surface area contributed by atoms with Crippen LogP contribution in [-0.2, 0) is 6.54 Å². The number of aliphatic imine (C=N–C) groups is 1. The third kappa shape index (κ3) is 6.67. The van der Waals surface area contributed by atoms with E-state index in [4.69, 9.17) is 11.6 Å². The van der Waals surface area contributed by atoms with Crippen LogP contribution in [0.5, 0.6) is 0 Å². The summed E-state index contributed by atoms with van der Waals surface area (Å²) >= 11 is 5.86. The normalized spacial score (nSPS) is 12.2. The van der Waals surface area contributed by atoms with Gasteiger partial charge >= 0.3 is 0 Å². The predicted octanol–water partition coefficient (Wildman–Crippen LogP) is 3.70. The molecule has 0 aliphatic carbocycles. The van der Waals surface area contributed by atoms with Crippen molar-refractivity contribution in [2.45, 2.75) is 12.6 Å². The molecule has 0 heterocycles. The lowest BCUT2D eigenvalue weighted by Gasteiger charge is -2.20. The van der Waals surface area contributed by atoms with Gasteiger partial charge in [-0.2, -0.15) is 0 Å². The molecule has 1 unspecified atom stereocenters. The Morgan fingerprint density at radius 1 is 1.12 bits per heavy atom. The van der Waals surface area contributed by atoms with E-state index in [-0.39, 0.29) is 24.0 Å². The molecule has 2 aromatic carbocycles. The third-order valence-electron chi connectivity index (χ3n) is 3.39. The standard InChI is InChI=1S/C18H22ClN3O.HI/c1-22(2)18(20-12-14-6-4-3-5-7-14)21-13-17(23)15-8-10-16(19)11-9-15;/h3-11,17,23H,12-13H2,1-2H3,(H,20,21);1H. The van der Waals surface area contributed by atoms with Gasteiger partial charge in [-0.15, -0.1) is 24.0 Å². The first-order valence-electron chi connectivity index (χ1n) is 7.49. The van der Waals surface area contributed by atoms with E-state index < -0.39 is 6.10 Å². The van der Waals surface area contributed by atoms with Crippen molar-refractivity contribution in [1.82, 2.24) is 10.2 Å². The molecule has 0 spiro atoms. The first kappa shape index (κ1) is 20.7. The van der Waals surface area contributed by atoms with Crippen molar-refractivity contribution in [3.63, 3.8) is 0 Å². The number of hydrogen-bond acceptors (Lipinski definition) is 2. The Labute approximate surface area is 165 Å². The van der Waals surface area contributed by atoms with Crippen molar-refractivity contribution >= 4 is 41.5 Å². The van der Waals surface area contributed by atoms with Crippen LogP contribution >= 0.6 is 35.6 Å². The van der Waals surface area contributed by atoms with E-state index in [1.807, 2.05) is 61.5 Å². The topological polar surface area (TPSA) is 47.9 Å². The Hall–Kier alpha value is -1.31. The van der Waals surface area contributed by atoms with E-state index in [1.165, 1.54) is 0 Å². The number of aliphatic hydroxyl groups is 1. The smallest absolute Gasteiger partial charge is 0.193 e. The number of halogens is 2. The van der Waals surface area contributed by atoms with Crippen LogP contribution in [0.3, 0.4) is 0 Å². The van der Waals surface area contributed by atoms with E-state index in [9.17, 15) is 5.11 Å². The highest BCUT2D eigenvalue weighted by atomic mass is 127. The molecule has 0 saturated heterocycles. The minimum absolute atomic E-state index is 0. The molecular weight excluding hydrogens is 437 g/mol. The second-order valence-corrected chi connectivity index (χ2v) is 5.90. The van der Waals surface area contributed by atoms with Crippen molar-refractivity contribution in [3.8, 4) is 0 Å². The molecule has 0 amide bonds. The van der Waals surface area contributed by atoms with Crippen LogP contribution in [0.25, 0.3) is 0 Å². The van der Waals surface area contributed by atoms with E-state index in [0.29, 0.717) is 18.1 Å². The fraction of sp³-hybridized carbons (Fsp3) is 0.278. The van der Waals surface area contributed by atoms with Gasteiger partial charge in [0, 0.05) is 25.7 Å². The highest BCUT2D eigenvalue weighted by Crippen LogP contribution is 2.15. The van der Waals surface area contributed by atoms with Gasteiger partial charge in [-0.05, 0) is 23.3 Å². The summed E-state index contributed by atoms with van der Waals surface area (Å²) in [5.74, 6) is 0.738. The van der Waals surface area contributed by atoms with Gasteiger partial charge in [0.15, 0.2) is 5.96 Å². The maximum absolute atomic E-state index is 10.2. The van der Waals surface area contributed by atoms with Gasteiger partial charge in [0.1, 0.15) is 0 Å². The fourth-order valence-electron chi connectivity index (χ4n) is 2.10. The van der Waals surface area contributed by atoms with E-state index >= 15 is 0 Å². The molecule has 130 valence electrons. The van der Waals surface area contributed by atoms with E-state index in [1.54, 1.807) is 12.1 Å². The summed E-state index contributed by atoms with van der Waals surface area (Å²) in [5, 5.41) is 14.1. The predicted molar refractivity (Wildman–Crippen MR) is 111 cm³/mol. The van der Waals surface area contributed by atoms with Gasteiger partial charge in [-0.1, -0.05) is 54.1 Å². The zero-order valence-electron chi connectivity index (χ0n) is 13.8. The van der Waals surface area contributed by atoms with E-state index in [2.05, 4.69) is 10.3 Å². The number of rotatable bonds is 5.